The van der Waals surface area contributed by atoms with Crippen LogP contribution in [0, 0.1) is 0 Å². The molecule has 0 spiro atoms. The van der Waals surface area contributed by atoms with E-state index in [-0.39, 0.29) is 0 Å². The summed E-state index contributed by atoms with van der Waals surface area (Å²) in [6.07, 6.45) is 1.03. The normalized spacial score (nSPS) is 13.0. The first-order valence-electron chi connectivity index (χ1n) is 6.76. The van der Waals surface area contributed by atoms with Gasteiger partial charge in [-0.05, 0) is 54.4 Å². The lowest BCUT2D eigenvalue weighted by molar-refractivity contribution is 0.432. The summed E-state index contributed by atoms with van der Waals surface area (Å²) in [5, 5.41) is 8.07. The summed E-state index contributed by atoms with van der Waals surface area (Å²) in [7, 11) is 0. The Balaban J connectivity index is 1.69. The van der Waals surface area contributed by atoms with E-state index < -0.39 is 0 Å². The Morgan fingerprint density at radius 3 is 2.71 bits per heavy atom. The number of hydrogen-bond acceptors (Lipinski definition) is 4. The lowest BCUT2D eigenvalue weighted by Gasteiger charge is -2.00. The number of hydrogen-bond donors (Lipinski definition) is 1. The molecular formula is C16H12ClN3O. The third kappa shape index (κ3) is 2.28. The third-order valence-electron chi connectivity index (χ3n) is 3.59. The molecule has 1 aliphatic rings. The van der Waals surface area contributed by atoms with Gasteiger partial charge in [0.1, 0.15) is 0 Å². The van der Waals surface area contributed by atoms with E-state index in [9.17, 15) is 0 Å². The highest BCUT2D eigenvalue weighted by molar-refractivity contribution is 6.30. The Hall–Kier alpha value is -2.33. The average molecular weight is 298 g/mol. The Labute approximate surface area is 126 Å². The summed E-state index contributed by atoms with van der Waals surface area (Å²) in [4.78, 5) is 4.46. The van der Waals surface area contributed by atoms with Gasteiger partial charge in [-0.1, -0.05) is 16.8 Å². The van der Waals surface area contributed by atoms with Gasteiger partial charge in [-0.25, -0.2) is 0 Å². The zero-order valence-corrected chi connectivity index (χ0v) is 11.9. The first-order valence-corrected chi connectivity index (χ1v) is 7.14. The van der Waals surface area contributed by atoms with Crippen LogP contribution < -0.4 is 5.32 Å². The van der Waals surface area contributed by atoms with Gasteiger partial charge in [-0.3, -0.25) is 0 Å². The molecule has 1 aromatic heterocycles. The predicted molar refractivity (Wildman–Crippen MR) is 82.4 cm³/mol. The molecular weight excluding hydrogens is 286 g/mol. The second kappa shape index (κ2) is 4.90. The van der Waals surface area contributed by atoms with Crippen molar-refractivity contribution in [1.29, 1.82) is 0 Å². The lowest BCUT2D eigenvalue weighted by atomic mass is 10.1. The molecule has 0 bridgehead atoms. The zero-order chi connectivity index (χ0) is 14.2. The van der Waals surface area contributed by atoms with Gasteiger partial charge < -0.3 is 9.84 Å². The van der Waals surface area contributed by atoms with Crippen molar-refractivity contribution < 1.29 is 4.52 Å². The molecule has 0 saturated heterocycles. The molecule has 0 amide bonds. The van der Waals surface area contributed by atoms with Gasteiger partial charge in [-0.2, -0.15) is 4.98 Å². The summed E-state index contributed by atoms with van der Waals surface area (Å²) in [6, 6.07) is 13.5. The van der Waals surface area contributed by atoms with E-state index >= 15 is 0 Å². The standard InChI is InChI=1S/C16H12ClN3O/c17-13-4-1-10(2-5-13)15-19-16(21-20-15)12-3-6-14-11(9-12)7-8-18-14/h1-6,9,18H,7-8H2. The van der Waals surface area contributed by atoms with Crippen molar-refractivity contribution in [1.82, 2.24) is 10.1 Å². The molecule has 5 heteroatoms. The molecule has 0 atom stereocenters. The van der Waals surface area contributed by atoms with Crippen molar-refractivity contribution in [3.63, 3.8) is 0 Å². The van der Waals surface area contributed by atoms with Crippen LogP contribution in [0.1, 0.15) is 5.56 Å². The molecule has 1 aliphatic heterocycles. The monoisotopic (exact) mass is 297 g/mol. The van der Waals surface area contributed by atoms with Crippen molar-refractivity contribution in [3.8, 4) is 22.8 Å². The molecule has 0 aliphatic carbocycles. The minimum Gasteiger partial charge on any atom is -0.384 e. The second-order valence-corrected chi connectivity index (χ2v) is 5.42. The number of nitrogens with zero attached hydrogens (tertiary/aromatic N) is 2. The lowest BCUT2D eigenvalue weighted by Crippen LogP contribution is -1.90. The van der Waals surface area contributed by atoms with Gasteiger partial charge in [0.25, 0.3) is 5.89 Å². The Morgan fingerprint density at radius 2 is 1.86 bits per heavy atom. The highest BCUT2D eigenvalue weighted by Gasteiger charge is 2.15. The van der Waals surface area contributed by atoms with Crippen molar-refractivity contribution in [2.24, 2.45) is 0 Å². The van der Waals surface area contributed by atoms with Crippen LogP contribution in [0.4, 0.5) is 5.69 Å². The van der Waals surface area contributed by atoms with Crippen LogP contribution >= 0.6 is 11.6 Å². The van der Waals surface area contributed by atoms with E-state index in [1.165, 1.54) is 11.3 Å². The Bertz CT molecular complexity index is 796. The molecule has 0 unspecified atom stereocenters. The quantitative estimate of drug-likeness (QED) is 0.776. The van der Waals surface area contributed by atoms with Crippen molar-refractivity contribution in [2.45, 2.75) is 6.42 Å². The van der Waals surface area contributed by atoms with Crippen LogP contribution in [-0.2, 0) is 6.42 Å². The summed E-state index contributed by atoms with van der Waals surface area (Å²) < 4.78 is 5.38. The molecule has 1 N–H and O–H groups in total. The maximum Gasteiger partial charge on any atom is 0.258 e. The molecule has 104 valence electrons. The molecule has 0 radical (unpaired) electrons. The Morgan fingerprint density at radius 1 is 1.05 bits per heavy atom. The topological polar surface area (TPSA) is 51.0 Å². The summed E-state index contributed by atoms with van der Waals surface area (Å²) in [5.74, 6) is 1.11. The van der Waals surface area contributed by atoms with Gasteiger partial charge in [0.15, 0.2) is 0 Å². The minimum atomic E-state index is 0.537. The van der Waals surface area contributed by atoms with E-state index in [4.69, 9.17) is 16.1 Å². The molecule has 4 nitrogen and oxygen atoms in total. The highest BCUT2D eigenvalue weighted by atomic mass is 35.5. The van der Waals surface area contributed by atoms with E-state index in [1.54, 1.807) is 0 Å². The third-order valence-corrected chi connectivity index (χ3v) is 3.84. The highest BCUT2D eigenvalue weighted by Crippen LogP contribution is 2.29. The van der Waals surface area contributed by atoms with Gasteiger partial charge >= 0.3 is 0 Å². The summed E-state index contributed by atoms with van der Waals surface area (Å²) in [6.45, 7) is 0.985. The number of aromatic nitrogens is 2. The number of rotatable bonds is 2. The number of benzene rings is 2. The van der Waals surface area contributed by atoms with Crippen LogP contribution in [0.25, 0.3) is 22.8 Å². The maximum atomic E-state index is 5.88. The fourth-order valence-corrected chi connectivity index (χ4v) is 2.62. The van der Waals surface area contributed by atoms with Crippen LogP contribution in [0.2, 0.25) is 5.02 Å². The fourth-order valence-electron chi connectivity index (χ4n) is 2.49. The first kappa shape index (κ1) is 12.4. The SMILES string of the molecule is Clc1ccc(-c2noc(-c3ccc4c(c3)CCN4)n2)cc1. The Kier molecular flexibility index (Phi) is 2.89. The number of halogens is 1. The molecule has 0 fully saturated rings. The average Bonchev–Trinajstić information content (AvgIpc) is 3.16. The fraction of sp³-hybridized carbons (Fsp3) is 0.125. The molecule has 2 heterocycles. The number of anilines is 1. The van der Waals surface area contributed by atoms with Crippen molar-refractivity contribution in [2.75, 3.05) is 11.9 Å². The van der Waals surface area contributed by atoms with Gasteiger partial charge in [0.2, 0.25) is 5.82 Å². The van der Waals surface area contributed by atoms with E-state index in [1.807, 2.05) is 30.3 Å². The van der Waals surface area contributed by atoms with Gasteiger partial charge in [0, 0.05) is 28.4 Å². The van der Waals surface area contributed by atoms with Crippen molar-refractivity contribution >= 4 is 17.3 Å². The van der Waals surface area contributed by atoms with Gasteiger partial charge in [-0.15, -0.1) is 0 Å². The summed E-state index contributed by atoms with van der Waals surface area (Å²) in [5.41, 5.74) is 4.32. The van der Waals surface area contributed by atoms with Crippen LogP contribution in [-0.4, -0.2) is 16.7 Å². The predicted octanol–water partition coefficient (Wildman–Crippen LogP) is 4.03. The number of nitrogens with one attached hydrogen (secondary N) is 1. The molecule has 3 aromatic rings. The van der Waals surface area contributed by atoms with Gasteiger partial charge in [0.05, 0.1) is 0 Å². The number of fused-ring (bicyclic) bond motifs is 1. The van der Waals surface area contributed by atoms with Crippen LogP contribution in [0.5, 0.6) is 0 Å². The smallest absolute Gasteiger partial charge is 0.258 e. The maximum absolute atomic E-state index is 5.88. The summed E-state index contributed by atoms with van der Waals surface area (Å²) >= 11 is 5.88. The van der Waals surface area contributed by atoms with Crippen LogP contribution in [0.15, 0.2) is 47.0 Å². The van der Waals surface area contributed by atoms with E-state index in [0.29, 0.717) is 16.7 Å². The van der Waals surface area contributed by atoms with E-state index in [0.717, 1.165) is 24.1 Å². The minimum absolute atomic E-state index is 0.537. The second-order valence-electron chi connectivity index (χ2n) is 4.98. The molecule has 2 aromatic carbocycles. The molecule has 4 rings (SSSR count). The van der Waals surface area contributed by atoms with Crippen molar-refractivity contribution in [3.05, 3.63) is 53.1 Å². The molecule has 21 heavy (non-hydrogen) atoms. The van der Waals surface area contributed by atoms with Crippen LogP contribution in [0.3, 0.4) is 0 Å². The molecule has 0 saturated carbocycles. The largest absolute Gasteiger partial charge is 0.384 e. The van der Waals surface area contributed by atoms with E-state index in [2.05, 4.69) is 27.6 Å². The first-order chi connectivity index (χ1) is 10.3. The zero-order valence-electron chi connectivity index (χ0n) is 11.1.